The summed E-state index contributed by atoms with van der Waals surface area (Å²) in [6.07, 6.45) is 2.28. The number of amides is 2. The third kappa shape index (κ3) is 4.99. The predicted octanol–water partition coefficient (Wildman–Crippen LogP) is 3.74. The first-order chi connectivity index (χ1) is 17.4. The van der Waals surface area contributed by atoms with E-state index in [9.17, 15) is 22.8 Å². The van der Waals surface area contributed by atoms with Gasteiger partial charge >= 0.3 is 0 Å². The van der Waals surface area contributed by atoms with Crippen molar-refractivity contribution in [2.24, 2.45) is 5.92 Å². The maximum Gasteiger partial charge on any atom is 0.274 e. The molecule has 2 aliphatic rings. The Bertz CT molecular complexity index is 1270. The maximum atomic E-state index is 13.8. The second kappa shape index (κ2) is 10.1. The quantitative estimate of drug-likeness (QED) is 0.582. The molecular formula is C26H25F3N4O3. The minimum absolute atomic E-state index is 0.0874. The maximum absolute atomic E-state index is 13.8. The normalized spacial score (nSPS) is 18.1. The molecule has 0 radical (unpaired) electrons. The lowest BCUT2D eigenvalue weighted by Crippen LogP contribution is -2.43. The molecule has 0 unspecified atom stereocenters. The summed E-state index contributed by atoms with van der Waals surface area (Å²) in [5, 5.41) is 2.67. The highest BCUT2D eigenvalue weighted by Crippen LogP contribution is 2.29. The van der Waals surface area contributed by atoms with Crippen LogP contribution in [0.5, 0.6) is 0 Å². The van der Waals surface area contributed by atoms with Crippen LogP contribution >= 0.6 is 0 Å². The zero-order valence-corrected chi connectivity index (χ0v) is 19.4. The number of carbonyl (C=O) groups excluding carboxylic acids is 2. The molecule has 1 fully saturated rings. The van der Waals surface area contributed by atoms with Gasteiger partial charge in [0.05, 0.1) is 25.2 Å². The standard InChI is InChI=1S/C26H25F3N4O3/c27-19-3-1-16(2-4-19)23-13-33-15-31-24(22(33)14-36-23)26(35)32-9-7-17(8-10-32)25(34)30-12-18-11-20(28)5-6-21(18)29/h1-6,11,15,17,23H,7-10,12-14H2,(H,30,34)/t23-/m0/s1. The number of benzene rings is 2. The first-order valence-corrected chi connectivity index (χ1v) is 11.8. The van der Waals surface area contributed by atoms with E-state index < -0.39 is 11.6 Å². The molecule has 36 heavy (non-hydrogen) atoms. The zero-order chi connectivity index (χ0) is 25.2. The van der Waals surface area contributed by atoms with Crippen molar-refractivity contribution in [2.75, 3.05) is 13.1 Å². The average molecular weight is 499 g/mol. The molecule has 2 aliphatic heterocycles. The molecule has 7 nitrogen and oxygen atoms in total. The van der Waals surface area contributed by atoms with Gasteiger partial charge in [0, 0.05) is 31.1 Å². The summed E-state index contributed by atoms with van der Waals surface area (Å²) in [5.74, 6) is -2.23. The lowest BCUT2D eigenvalue weighted by atomic mass is 9.95. The molecule has 2 aromatic carbocycles. The van der Waals surface area contributed by atoms with Crippen LogP contribution in [0.4, 0.5) is 13.2 Å². The number of likely N-dealkylation sites (tertiary alicyclic amines) is 1. The number of hydrogen-bond donors (Lipinski definition) is 1. The number of imidazole rings is 1. The predicted molar refractivity (Wildman–Crippen MR) is 123 cm³/mol. The summed E-state index contributed by atoms with van der Waals surface area (Å²) < 4.78 is 48.2. The van der Waals surface area contributed by atoms with Crippen LogP contribution in [-0.2, 0) is 29.2 Å². The first-order valence-electron chi connectivity index (χ1n) is 11.8. The topological polar surface area (TPSA) is 76.5 Å². The summed E-state index contributed by atoms with van der Waals surface area (Å²) >= 11 is 0. The van der Waals surface area contributed by atoms with Gasteiger partial charge in [-0.05, 0) is 48.7 Å². The van der Waals surface area contributed by atoms with Crippen molar-refractivity contribution in [1.82, 2.24) is 19.8 Å². The van der Waals surface area contributed by atoms with Gasteiger partial charge in [-0.1, -0.05) is 12.1 Å². The monoisotopic (exact) mass is 498 g/mol. The summed E-state index contributed by atoms with van der Waals surface area (Å²) in [6, 6.07) is 9.27. The molecule has 1 aromatic heterocycles. The molecule has 5 rings (SSSR count). The summed E-state index contributed by atoms with van der Waals surface area (Å²) in [6.45, 7) is 1.35. The Labute approximate surface area is 205 Å². The van der Waals surface area contributed by atoms with E-state index >= 15 is 0 Å². The van der Waals surface area contributed by atoms with Crippen molar-refractivity contribution in [3.05, 3.63) is 88.8 Å². The molecule has 1 N–H and O–H groups in total. The molecule has 0 aliphatic carbocycles. The Kier molecular flexibility index (Phi) is 6.77. The van der Waals surface area contributed by atoms with E-state index in [2.05, 4.69) is 10.3 Å². The van der Waals surface area contributed by atoms with Gasteiger partial charge in [0.2, 0.25) is 5.91 Å². The third-order valence-corrected chi connectivity index (χ3v) is 6.79. The number of rotatable bonds is 5. The summed E-state index contributed by atoms with van der Waals surface area (Å²) in [7, 11) is 0. The van der Waals surface area contributed by atoms with Gasteiger partial charge in [-0.25, -0.2) is 18.2 Å². The number of nitrogens with zero attached hydrogens (tertiary/aromatic N) is 3. The number of nitrogens with one attached hydrogen (secondary N) is 1. The van der Waals surface area contributed by atoms with E-state index in [1.165, 1.54) is 12.1 Å². The number of piperidine rings is 1. The first kappa shape index (κ1) is 24.1. The Balaban J connectivity index is 1.15. The second-order valence-electron chi connectivity index (χ2n) is 9.06. The van der Waals surface area contributed by atoms with Crippen LogP contribution in [0.25, 0.3) is 0 Å². The number of aromatic nitrogens is 2. The third-order valence-electron chi connectivity index (χ3n) is 6.79. The smallest absolute Gasteiger partial charge is 0.274 e. The average Bonchev–Trinajstić information content (AvgIpc) is 3.32. The zero-order valence-electron chi connectivity index (χ0n) is 19.4. The summed E-state index contributed by atoms with van der Waals surface area (Å²) in [4.78, 5) is 31.7. The van der Waals surface area contributed by atoms with E-state index in [1.807, 2.05) is 4.57 Å². The molecule has 1 saturated heterocycles. The van der Waals surface area contributed by atoms with Gasteiger partial charge in [0.25, 0.3) is 5.91 Å². The fourth-order valence-electron chi connectivity index (χ4n) is 4.68. The van der Waals surface area contributed by atoms with Crippen LogP contribution in [-0.4, -0.2) is 39.4 Å². The SMILES string of the molecule is O=C(NCc1cc(F)ccc1F)C1CCN(C(=O)c2ncn3c2CO[C@H](c2ccc(F)cc2)C3)CC1. The van der Waals surface area contributed by atoms with Crippen molar-refractivity contribution in [3.63, 3.8) is 0 Å². The Morgan fingerprint density at radius 1 is 1.03 bits per heavy atom. The van der Waals surface area contributed by atoms with E-state index in [0.717, 1.165) is 23.8 Å². The highest BCUT2D eigenvalue weighted by molar-refractivity contribution is 5.93. The van der Waals surface area contributed by atoms with Crippen LogP contribution in [0.2, 0.25) is 0 Å². The molecule has 0 bridgehead atoms. The van der Waals surface area contributed by atoms with Crippen molar-refractivity contribution in [2.45, 2.75) is 38.6 Å². The second-order valence-corrected chi connectivity index (χ2v) is 9.06. The van der Waals surface area contributed by atoms with Gasteiger partial charge < -0.3 is 19.5 Å². The molecule has 0 spiro atoms. The highest BCUT2D eigenvalue weighted by atomic mass is 19.1. The van der Waals surface area contributed by atoms with E-state index in [1.54, 1.807) is 23.4 Å². The van der Waals surface area contributed by atoms with Crippen molar-refractivity contribution < 1.29 is 27.5 Å². The molecule has 1 atom stereocenters. The number of fused-ring (bicyclic) bond motifs is 1. The van der Waals surface area contributed by atoms with Crippen LogP contribution < -0.4 is 5.32 Å². The van der Waals surface area contributed by atoms with Crippen molar-refractivity contribution >= 4 is 11.8 Å². The lowest BCUT2D eigenvalue weighted by Gasteiger charge is -2.31. The van der Waals surface area contributed by atoms with Gasteiger partial charge in [-0.3, -0.25) is 9.59 Å². The minimum Gasteiger partial charge on any atom is -0.365 e. The molecule has 10 heteroatoms. The fourth-order valence-corrected chi connectivity index (χ4v) is 4.68. The summed E-state index contributed by atoms with van der Waals surface area (Å²) in [5.41, 5.74) is 1.96. The number of ether oxygens (including phenoxy) is 1. The molecule has 3 heterocycles. The van der Waals surface area contributed by atoms with Gasteiger partial charge in [-0.2, -0.15) is 0 Å². The Hall–Kier alpha value is -3.66. The van der Waals surface area contributed by atoms with Crippen molar-refractivity contribution in [3.8, 4) is 0 Å². The molecule has 188 valence electrons. The number of carbonyl (C=O) groups is 2. The Morgan fingerprint density at radius 2 is 1.75 bits per heavy atom. The molecule has 3 aromatic rings. The highest BCUT2D eigenvalue weighted by Gasteiger charge is 2.32. The number of halogens is 3. The van der Waals surface area contributed by atoms with Crippen LogP contribution in [0.1, 0.15) is 46.3 Å². The van der Waals surface area contributed by atoms with Crippen LogP contribution in [0.3, 0.4) is 0 Å². The Morgan fingerprint density at radius 3 is 2.50 bits per heavy atom. The van der Waals surface area contributed by atoms with Gasteiger partial charge in [0.15, 0.2) is 5.69 Å². The lowest BCUT2D eigenvalue weighted by molar-refractivity contribution is -0.126. The fraction of sp³-hybridized carbons (Fsp3) is 0.346. The van der Waals surface area contributed by atoms with Crippen molar-refractivity contribution in [1.29, 1.82) is 0 Å². The minimum atomic E-state index is -0.575. The van der Waals surface area contributed by atoms with Crippen LogP contribution in [0, 0.1) is 23.4 Å². The van der Waals surface area contributed by atoms with Crippen LogP contribution in [0.15, 0.2) is 48.8 Å². The molecular weight excluding hydrogens is 473 g/mol. The van der Waals surface area contributed by atoms with E-state index in [4.69, 9.17) is 4.74 Å². The number of hydrogen-bond acceptors (Lipinski definition) is 4. The van der Waals surface area contributed by atoms with E-state index in [0.29, 0.717) is 43.9 Å². The molecule has 0 saturated carbocycles. The largest absolute Gasteiger partial charge is 0.365 e. The van der Waals surface area contributed by atoms with Gasteiger partial charge in [-0.15, -0.1) is 0 Å². The molecule has 2 amide bonds. The van der Waals surface area contributed by atoms with Gasteiger partial charge in [0.1, 0.15) is 23.6 Å². The van der Waals surface area contributed by atoms with E-state index in [-0.39, 0.29) is 48.4 Å².